The Morgan fingerprint density at radius 3 is 2.74 bits per heavy atom. The Hall–Kier alpha value is -2.05. The van der Waals surface area contributed by atoms with Crippen LogP contribution in [0.4, 0.5) is 4.79 Å². The molecule has 0 bridgehead atoms. The molecule has 27 heavy (non-hydrogen) atoms. The van der Waals surface area contributed by atoms with E-state index in [1.54, 1.807) is 10.9 Å². The number of hydrogen-bond donors (Lipinski definition) is 3. The number of piperidine rings is 1. The van der Waals surface area contributed by atoms with Crippen LogP contribution in [0.15, 0.2) is 12.4 Å². The summed E-state index contributed by atoms with van der Waals surface area (Å²) in [5.74, 6) is 1.69. The standard InChI is InChI=1S/C20H31N5O2/c1-25-12-15(11-21-25)19-17(8-9-18(26)24-19)23-20(27)22-16-7-6-13-4-2-3-5-14(13)10-16/h11-14,16-17,19H,2-10H2,1H3,(H,24,26)(H2,22,23,27)/t13?,14?,16?,17-,19+/m1/s1. The number of nitrogens with one attached hydrogen (secondary N) is 3. The van der Waals surface area contributed by atoms with Gasteiger partial charge >= 0.3 is 6.03 Å². The SMILES string of the molecule is Cn1cc([C@@H]2NC(=O)CC[C@H]2NC(=O)NC2CCC3CCCCC3C2)cn1. The number of rotatable bonds is 3. The first-order valence-corrected chi connectivity index (χ1v) is 10.4. The summed E-state index contributed by atoms with van der Waals surface area (Å²) >= 11 is 0. The Labute approximate surface area is 160 Å². The maximum absolute atomic E-state index is 12.6. The Bertz CT molecular complexity index is 688. The molecule has 7 heteroatoms. The van der Waals surface area contributed by atoms with E-state index in [0.29, 0.717) is 12.8 Å². The number of fused-ring (bicyclic) bond motifs is 1. The van der Waals surface area contributed by atoms with E-state index < -0.39 is 0 Å². The van der Waals surface area contributed by atoms with Gasteiger partial charge in [0.25, 0.3) is 0 Å². The van der Waals surface area contributed by atoms with Gasteiger partial charge in [-0.25, -0.2) is 4.79 Å². The molecule has 7 nitrogen and oxygen atoms in total. The maximum atomic E-state index is 12.6. The first-order valence-electron chi connectivity index (χ1n) is 10.4. The van der Waals surface area contributed by atoms with Gasteiger partial charge in [0.2, 0.25) is 5.91 Å². The number of aryl methyl sites for hydroxylation is 1. The van der Waals surface area contributed by atoms with Gasteiger partial charge in [0.15, 0.2) is 0 Å². The van der Waals surface area contributed by atoms with Crippen molar-refractivity contribution in [3.63, 3.8) is 0 Å². The molecule has 1 aromatic rings. The summed E-state index contributed by atoms with van der Waals surface area (Å²) in [5.41, 5.74) is 0.929. The van der Waals surface area contributed by atoms with Crippen molar-refractivity contribution in [2.24, 2.45) is 18.9 Å². The van der Waals surface area contributed by atoms with Crippen LogP contribution in [0.3, 0.4) is 0 Å². The first kappa shape index (κ1) is 18.3. The fourth-order valence-electron chi connectivity index (χ4n) is 5.27. The van der Waals surface area contributed by atoms with E-state index in [0.717, 1.165) is 30.2 Å². The number of nitrogens with zero attached hydrogens (tertiary/aromatic N) is 2. The molecule has 1 saturated heterocycles. The highest BCUT2D eigenvalue weighted by atomic mass is 16.2. The molecular weight excluding hydrogens is 342 g/mol. The lowest BCUT2D eigenvalue weighted by Crippen LogP contribution is -2.54. The minimum absolute atomic E-state index is 0.0259. The number of carbonyl (C=O) groups is 2. The largest absolute Gasteiger partial charge is 0.347 e. The molecule has 2 aliphatic carbocycles. The van der Waals surface area contributed by atoms with Crippen molar-refractivity contribution in [2.45, 2.75) is 75.9 Å². The fourth-order valence-corrected chi connectivity index (χ4v) is 5.27. The van der Waals surface area contributed by atoms with Crippen LogP contribution in [0.25, 0.3) is 0 Å². The molecule has 3 unspecified atom stereocenters. The average Bonchev–Trinajstić information content (AvgIpc) is 3.09. The average molecular weight is 374 g/mol. The van der Waals surface area contributed by atoms with E-state index in [4.69, 9.17) is 0 Å². The van der Waals surface area contributed by atoms with Gasteiger partial charge in [-0.1, -0.05) is 25.7 Å². The fraction of sp³-hybridized carbons (Fsp3) is 0.750. The van der Waals surface area contributed by atoms with E-state index in [1.807, 2.05) is 13.2 Å². The van der Waals surface area contributed by atoms with Gasteiger partial charge < -0.3 is 16.0 Å². The van der Waals surface area contributed by atoms with Crippen LogP contribution in [0.5, 0.6) is 0 Å². The van der Waals surface area contributed by atoms with Crippen LogP contribution in [0.1, 0.15) is 69.4 Å². The van der Waals surface area contributed by atoms with Crippen molar-refractivity contribution in [3.8, 4) is 0 Å². The van der Waals surface area contributed by atoms with Crippen molar-refractivity contribution in [1.82, 2.24) is 25.7 Å². The highest BCUT2D eigenvalue weighted by molar-refractivity contribution is 5.79. The Balaban J connectivity index is 1.34. The number of amides is 3. The molecule has 148 valence electrons. The van der Waals surface area contributed by atoms with Gasteiger partial charge in [0.05, 0.1) is 18.3 Å². The lowest BCUT2D eigenvalue weighted by Gasteiger charge is -2.40. The molecular formula is C20H31N5O2. The topological polar surface area (TPSA) is 88.0 Å². The number of carbonyl (C=O) groups excluding carboxylic acids is 2. The highest BCUT2D eigenvalue weighted by Gasteiger charge is 2.35. The number of hydrogen-bond acceptors (Lipinski definition) is 3. The van der Waals surface area contributed by atoms with Crippen LogP contribution in [0, 0.1) is 11.8 Å². The third-order valence-corrected chi connectivity index (χ3v) is 6.68. The van der Waals surface area contributed by atoms with Crippen molar-refractivity contribution >= 4 is 11.9 Å². The van der Waals surface area contributed by atoms with Crippen molar-refractivity contribution < 1.29 is 9.59 Å². The Morgan fingerprint density at radius 2 is 1.96 bits per heavy atom. The summed E-state index contributed by atoms with van der Waals surface area (Å²) in [5, 5.41) is 13.5. The summed E-state index contributed by atoms with van der Waals surface area (Å²) in [6, 6.07) is -0.165. The van der Waals surface area contributed by atoms with Gasteiger partial charge in [0, 0.05) is 31.3 Å². The summed E-state index contributed by atoms with van der Waals surface area (Å²) in [6.45, 7) is 0. The van der Waals surface area contributed by atoms with Gasteiger partial charge in [-0.2, -0.15) is 5.10 Å². The summed E-state index contributed by atoms with van der Waals surface area (Å²) in [7, 11) is 1.85. The lowest BCUT2D eigenvalue weighted by atomic mass is 9.69. The molecule has 3 fully saturated rings. The van der Waals surface area contributed by atoms with E-state index in [-0.39, 0.29) is 30.1 Å². The van der Waals surface area contributed by atoms with Crippen LogP contribution in [-0.4, -0.2) is 33.8 Å². The van der Waals surface area contributed by atoms with E-state index in [2.05, 4.69) is 21.0 Å². The second-order valence-corrected chi connectivity index (χ2v) is 8.57. The van der Waals surface area contributed by atoms with E-state index in [1.165, 1.54) is 32.1 Å². The molecule has 4 rings (SSSR count). The van der Waals surface area contributed by atoms with E-state index >= 15 is 0 Å². The Morgan fingerprint density at radius 1 is 1.15 bits per heavy atom. The summed E-state index contributed by atoms with van der Waals surface area (Å²) in [4.78, 5) is 24.5. The zero-order valence-corrected chi connectivity index (χ0v) is 16.1. The van der Waals surface area contributed by atoms with E-state index in [9.17, 15) is 9.59 Å². The summed E-state index contributed by atoms with van der Waals surface area (Å²) < 4.78 is 1.72. The zero-order valence-electron chi connectivity index (χ0n) is 16.1. The molecule has 1 aromatic heterocycles. The maximum Gasteiger partial charge on any atom is 0.315 e. The molecule has 0 spiro atoms. The predicted molar refractivity (Wildman–Crippen MR) is 102 cm³/mol. The first-order chi connectivity index (χ1) is 13.1. The molecule has 1 aliphatic heterocycles. The third kappa shape index (κ3) is 4.28. The molecule has 2 heterocycles. The molecule has 5 atom stereocenters. The van der Waals surface area contributed by atoms with Gasteiger partial charge in [-0.3, -0.25) is 9.48 Å². The smallest absolute Gasteiger partial charge is 0.315 e. The molecule has 3 amide bonds. The number of urea groups is 1. The minimum Gasteiger partial charge on any atom is -0.347 e. The normalized spacial score (nSPS) is 33.7. The molecule has 0 aromatic carbocycles. The third-order valence-electron chi connectivity index (χ3n) is 6.68. The van der Waals surface area contributed by atoms with Crippen LogP contribution in [0.2, 0.25) is 0 Å². The zero-order chi connectivity index (χ0) is 18.8. The Kier molecular flexibility index (Phi) is 5.36. The molecule has 0 radical (unpaired) electrons. The molecule has 3 N–H and O–H groups in total. The second-order valence-electron chi connectivity index (χ2n) is 8.57. The second kappa shape index (κ2) is 7.90. The lowest BCUT2D eigenvalue weighted by molar-refractivity contribution is -0.123. The highest BCUT2D eigenvalue weighted by Crippen LogP contribution is 2.40. The monoisotopic (exact) mass is 373 g/mol. The summed E-state index contributed by atoms with van der Waals surface area (Å²) in [6.07, 6.45) is 13.6. The predicted octanol–water partition coefficient (Wildman–Crippen LogP) is 2.40. The van der Waals surface area contributed by atoms with Gasteiger partial charge in [0.1, 0.15) is 0 Å². The molecule has 2 saturated carbocycles. The number of aromatic nitrogens is 2. The molecule has 3 aliphatic rings. The van der Waals surface area contributed by atoms with Crippen LogP contribution < -0.4 is 16.0 Å². The van der Waals surface area contributed by atoms with Crippen molar-refractivity contribution in [1.29, 1.82) is 0 Å². The van der Waals surface area contributed by atoms with Crippen molar-refractivity contribution in [3.05, 3.63) is 18.0 Å². The van der Waals surface area contributed by atoms with Crippen LogP contribution in [-0.2, 0) is 11.8 Å². The van der Waals surface area contributed by atoms with Gasteiger partial charge in [-0.15, -0.1) is 0 Å². The minimum atomic E-state index is -0.222. The van der Waals surface area contributed by atoms with Crippen LogP contribution >= 0.6 is 0 Å². The van der Waals surface area contributed by atoms with Gasteiger partial charge in [-0.05, 0) is 37.5 Å². The quantitative estimate of drug-likeness (QED) is 0.760. The van der Waals surface area contributed by atoms with Crippen molar-refractivity contribution in [2.75, 3.05) is 0 Å².